The number of fused-ring (bicyclic) bond motifs is 1. The number of benzene rings is 1. The molecule has 0 bridgehead atoms. The predicted octanol–water partition coefficient (Wildman–Crippen LogP) is 1.16. The molecule has 2 aromatic heterocycles. The third kappa shape index (κ3) is 3.30. The summed E-state index contributed by atoms with van der Waals surface area (Å²) in [5, 5.41) is 0. The van der Waals surface area contributed by atoms with Crippen LogP contribution in [0.4, 0.5) is 0 Å². The summed E-state index contributed by atoms with van der Waals surface area (Å²) >= 11 is 0. The van der Waals surface area contributed by atoms with E-state index in [1.165, 1.54) is 13.2 Å². The van der Waals surface area contributed by atoms with Gasteiger partial charge in [-0.15, -0.1) is 0 Å². The molecule has 140 valence electrons. The molecule has 0 radical (unpaired) electrons. The molecule has 0 atom stereocenters. The Balaban J connectivity index is 1.41. The number of carbonyl (C=O) groups excluding carboxylic acids is 1. The molecule has 1 fully saturated rings. The standard InChI is InChI=1S/C19H20N4O4/c1-22-18(25)13(11-20-19(22)26)10-16(24)23-8-6-12(7-9-23)17-21-14-4-2-3-5-15(14)27-17/h2-5,11-12H,6-10H2,1H3,(H,20,26). The molecule has 0 unspecified atom stereocenters. The highest BCUT2D eigenvalue weighted by atomic mass is 16.3. The Labute approximate surface area is 154 Å². The fourth-order valence-corrected chi connectivity index (χ4v) is 3.46. The van der Waals surface area contributed by atoms with Crippen LogP contribution in [0.2, 0.25) is 0 Å². The van der Waals surface area contributed by atoms with Gasteiger partial charge in [-0.05, 0) is 25.0 Å². The summed E-state index contributed by atoms with van der Waals surface area (Å²) in [5.74, 6) is 0.787. The van der Waals surface area contributed by atoms with Gasteiger partial charge in [0.2, 0.25) is 5.91 Å². The Kier molecular flexibility index (Phi) is 4.39. The zero-order valence-corrected chi connectivity index (χ0v) is 15.0. The number of nitrogens with one attached hydrogen (secondary N) is 1. The monoisotopic (exact) mass is 368 g/mol. The molecule has 27 heavy (non-hydrogen) atoms. The number of piperidine rings is 1. The number of para-hydroxylation sites is 2. The number of hydrogen-bond acceptors (Lipinski definition) is 5. The first-order valence-corrected chi connectivity index (χ1v) is 8.94. The molecule has 3 aromatic rings. The van der Waals surface area contributed by atoms with Crippen molar-refractivity contribution >= 4 is 17.0 Å². The predicted molar refractivity (Wildman–Crippen MR) is 98.6 cm³/mol. The van der Waals surface area contributed by atoms with Crippen molar-refractivity contribution in [3.63, 3.8) is 0 Å². The summed E-state index contributed by atoms with van der Waals surface area (Å²) in [6.07, 6.45) is 2.84. The van der Waals surface area contributed by atoms with Gasteiger partial charge in [-0.3, -0.25) is 14.2 Å². The van der Waals surface area contributed by atoms with Crippen molar-refractivity contribution in [3.05, 3.63) is 62.8 Å². The molecule has 8 heteroatoms. The zero-order valence-electron chi connectivity index (χ0n) is 15.0. The molecule has 1 aliphatic heterocycles. The van der Waals surface area contributed by atoms with E-state index in [9.17, 15) is 14.4 Å². The van der Waals surface area contributed by atoms with Gasteiger partial charge < -0.3 is 14.3 Å². The van der Waals surface area contributed by atoms with Gasteiger partial charge in [-0.2, -0.15) is 0 Å². The lowest BCUT2D eigenvalue weighted by Crippen LogP contribution is -2.41. The normalized spacial score (nSPS) is 15.4. The number of aromatic amines is 1. The first-order valence-electron chi connectivity index (χ1n) is 8.94. The van der Waals surface area contributed by atoms with Crippen LogP contribution < -0.4 is 11.2 Å². The second kappa shape index (κ2) is 6.86. The van der Waals surface area contributed by atoms with Crippen molar-refractivity contribution < 1.29 is 9.21 Å². The second-order valence-corrected chi connectivity index (χ2v) is 6.83. The number of likely N-dealkylation sites (tertiary alicyclic amines) is 1. The lowest BCUT2D eigenvalue weighted by atomic mass is 9.96. The molecule has 1 saturated heterocycles. The van der Waals surface area contributed by atoms with E-state index in [1.54, 1.807) is 4.90 Å². The van der Waals surface area contributed by atoms with Crippen molar-refractivity contribution in [1.29, 1.82) is 0 Å². The topological polar surface area (TPSA) is 101 Å². The number of H-pyrrole nitrogens is 1. The lowest BCUT2D eigenvalue weighted by Gasteiger charge is -2.30. The fraction of sp³-hybridized carbons (Fsp3) is 0.368. The van der Waals surface area contributed by atoms with E-state index < -0.39 is 11.2 Å². The number of oxazole rings is 1. The zero-order chi connectivity index (χ0) is 19.0. The summed E-state index contributed by atoms with van der Waals surface area (Å²) in [7, 11) is 1.39. The highest BCUT2D eigenvalue weighted by Crippen LogP contribution is 2.30. The first kappa shape index (κ1) is 17.3. The van der Waals surface area contributed by atoms with Crippen LogP contribution in [0.15, 0.2) is 44.5 Å². The molecule has 1 aromatic carbocycles. The van der Waals surface area contributed by atoms with Crippen LogP contribution in [0.3, 0.4) is 0 Å². The lowest BCUT2D eigenvalue weighted by molar-refractivity contribution is -0.131. The molecule has 0 spiro atoms. The third-order valence-corrected chi connectivity index (χ3v) is 5.10. The number of amides is 1. The van der Waals surface area contributed by atoms with Crippen LogP contribution in [0.5, 0.6) is 0 Å². The molecular formula is C19H20N4O4. The van der Waals surface area contributed by atoms with Gasteiger partial charge in [0, 0.05) is 37.8 Å². The van der Waals surface area contributed by atoms with Gasteiger partial charge in [0.1, 0.15) is 5.52 Å². The van der Waals surface area contributed by atoms with Crippen LogP contribution in [0.1, 0.15) is 30.2 Å². The van der Waals surface area contributed by atoms with E-state index in [2.05, 4.69) is 9.97 Å². The van der Waals surface area contributed by atoms with E-state index >= 15 is 0 Å². The molecule has 4 rings (SSSR count). The molecule has 1 aliphatic rings. The van der Waals surface area contributed by atoms with E-state index in [-0.39, 0.29) is 18.2 Å². The minimum Gasteiger partial charge on any atom is -0.440 e. The van der Waals surface area contributed by atoms with E-state index in [0.29, 0.717) is 18.7 Å². The van der Waals surface area contributed by atoms with Crippen LogP contribution >= 0.6 is 0 Å². The van der Waals surface area contributed by atoms with Gasteiger partial charge in [-0.25, -0.2) is 9.78 Å². The Morgan fingerprint density at radius 3 is 2.74 bits per heavy atom. The fourth-order valence-electron chi connectivity index (χ4n) is 3.46. The Morgan fingerprint density at radius 2 is 2.00 bits per heavy atom. The SMILES string of the molecule is Cn1c(=O)[nH]cc(CC(=O)N2CCC(c3nc4ccccc4o3)CC2)c1=O. The van der Waals surface area contributed by atoms with Crippen LogP contribution in [-0.2, 0) is 18.3 Å². The molecule has 0 aliphatic carbocycles. The van der Waals surface area contributed by atoms with Crippen LogP contribution in [0, 0.1) is 0 Å². The maximum atomic E-state index is 12.5. The molecule has 3 heterocycles. The number of aromatic nitrogens is 3. The van der Waals surface area contributed by atoms with Gasteiger partial charge in [0.15, 0.2) is 11.5 Å². The van der Waals surface area contributed by atoms with Crippen molar-refractivity contribution in [2.24, 2.45) is 7.05 Å². The number of rotatable bonds is 3. The third-order valence-electron chi connectivity index (χ3n) is 5.10. The second-order valence-electron chi connectivity index (χ2n) is 6.83. The highest BCUT2D eigenvalue weighted by molar-refractivity contribution is 5.78. The Bertz CT molecular complexity index is 1070. The average Bonchev–Trinajstić information content (AvgIpc) is 3.13. The first-order chi connectivity index (χ1) is 13.0. The number of carbonyl (C=O) groups is 1. The number of nitrogens with zero attached hydrogens (tertiary/aromatic N) is 3. The minimum atomic E-state index is -0.490. The summed E-state index contributed by atoms with van der Waals surface area (Å²) < 4.78 is 6.82. The smallest absolute Gasteiger partial charge is 0.328 e. The van der Waals surface area contributed by atoms with Crippen molar-refractivity contribution in [2.45, 2.75) is 25.2 Å². The minimum absolute atomic E-state index is 0.0169. The van der Waals surface area contributed by atoms with Crippen molar-refractivity contribution in [3.8, 4) is 0 Å². The van der Waals surface area contributed by atoms with Crippen LogP contribution in [-0.4, -0.2) is 38.4 Å². The van der Waals surface area contributed by atoms with Crippen molar-refractivity contribution in [1.82, 2.24) is 19.4 Å². The average molecular weight is 368 g/mol. The van der Waals surface area contributed by atoms with Crippen molar-refractivity contribution in [2.75, 3.05) is 13.1 Å². The maximum absolute atomic E-state index is 12.5. The quantitative estimate of drug-likeness (QED) is 0.748. The van der Waals surface area contributed by atoms with Gasteiger partial charge in [0.05, 0.1) is 6.42 Å². The Morgan fingerprint density at radius 1 is 1.26 bits per heavy atom. The van der Waals surface area contributed by atoms with Crippen LogP contribution in [0.25, 0.3) is 11.1 Å². The molecule has 8 nitrogen and oxygen atoms in total. The van der Waals surface area contributed by atoms with E-state index in [1.807, 2.05) is 24.3 Å². The highest BCUT2D eigenvalue weighted by Gasteiger charge is 2.27. The maximum Gasteiger partial charge on any atom is 0.328 e. The largest absolute Gasteiger partial charge is 0.440 e. The number of hydrogen-bond donors (Lipinski definition) is 1. The van der Waals surface area contributed by atoms with Gasteiger partial charge in [-0.1, -0.05) is 12.1 Å². The van der Waals surface area contributed by atoms with Gasteiger partial charge in [0.25, 0.3) is 5.56 Å². The molecule has 1 N–H and O–H groups in total. The Hall–Kier alpha value is -3.16. The van der Waals surface area contributed by atoms with E-state index in [0.717, 1.165) is 34.4 Å². The molecule has 0 saturated carbocycles. The summed E-state index contributed by atoms with van der Waals surface area (Å²) in [6, 6.07) is 7.66. The van der Waals surface area contributed by atoms with E-state index in [4.69, 9.17) is 4.42 Å². The molecular weight excluding hydrogens is 348 g/mol. The summed E-state index contributed by atoms with van der Waals surface area (Å²) in [6.45, 7) is 1.18. The summed E-state index contributed by atoms with van der Waals surface area (Å²) in [4.78, 5) is 44.8. The molecule has 1 amide bonds. The van der Waals surface area contributed by atoms with Gasteiger partial charge >= 0.3 is 5.69 Å². The summed E-state index contributed by atoms with van der Waals surface area (Å²) in [5.41, 5.74) is 0.992.